The Balaban J connectivity index is 0.00000213. The summed E-state index contributed by atoms with van der Waals surface area (Å²) in [6.45, 7) is 30.1. The van der Waals surface area contributed by atoms with E-state index in [0.29, 0.717) is 29.6 Å². The Morgan fingerprint density at radius 1 is 0.796 bits per heavy atom. The van der Waals surface area contributed by atoms with Crippen LogP contribution in [0.25, 0.3) is 27.5 Å². The van der Waals surface area contributed by atoms with E-state index in [2.05, 4.69) is 137 Å². The topological polar surface area (TPSA) is 45.1 Å². The van der Waals surface area contributed by atoms with Crippen molar-refractivity contribution < 1.29 is 30.3 Å². The number of furan rings is 1. The maximum Gasteiger partial charge on any atom is 0.0974 e. The average Bonchev–Trinajstić information content (AvgIpc) is 3.63. The quantitative estimate of drug-likeness (QED) is 0.0984. The SMILES string of the molecule is CCc1oc2ccc[c-]c2c1-c1cn(C)c(C([N-]c2c(C(C)C)cccc2C(C)C)c2c(C(C)C)cc(C(C)C)cc2C(C)C)n1.[CH2-]C.[Hf]. The van der Waals surface area contributed by atoms with E-state index in [1.165, 1.54) is 33.4 Å². The van der Waals surface area contributed by atoms with Gasteiger partial charge in [0.2, 0.25) is 0 Å². The van der Waals surface area contributed by atoms with Gasteiger partial charge in [-0.15, -0.1) is 30.0 Å². The van der Waals surface area contributed by atoms with E-state index in [-0.39, 0.29) is 31.9 Å². The number of imidazole rings is 1. The molecule has 0 aliphatic carbocycles. The average molecular weight is 823 g/mol. The summed E-state index contributed by atoms with van der Waals surface area (Å²) in [5, 5.41) is 6.83. The molecule has 0 spiro atoms. The van der Waals surface area contributed by atoms with E-state index in [1.54, 1.807) is 6.92 Å². The van der Waals surface area contributed by atoms with Gasteiger partial charge in [-0.1, -0.05) is 123 Å². The van der Waals surface area contributed by atoms with Crippen molar-refractivity contribution in [3.63, 3.8) is 0 Å². The van der Waals surface area contributed by atoms with Crippen LogP contribution in [0.4, 0.5) is 5.69 Å². The Bertz CT molecular complexity index is 1770. The molecule has 0 aliphatic rings. The Morgan fingerprint density at radius 2 is 1.35 bits per heavy atom. The minimum atomic E-state index is -0.292. The van der Waals surface area contributed by atoms with Gasteiger partial charge >= 0.3 is 0 Å². The molecule has 0 saturated carbocycles. The number of aryl methyl sites for hydroxylation is 2. The molecule has 1 atom stereocenters. The van der Waals surface area contributed by atoms with Gasteiger partial charge in [0.25, 0.3) is 0 Å². The zero-order chi connectivity index (χ0) is 35.4. The normalized spacial score (nSPS) is 12.2. The second-order valence-electron chi connectivity index (χ2n) is 14.5. The fourth-order valence-corrected chi connectivity index (χ4v) is 6.77. The van der Waals surface area contributed by atoms with Crippen molar-refractivity contribution in [2.45, 2.75) is 125 Å². The zero-order valence-electron chi connectivity index (χ0n) is 32.3. The molecule has 1 unspecified atom stereocenters. The van der Waals surface area contributed by atoms with Crippen LogP contribution in [0.5, 0.6) is 0 Å². The Labute approximate surface area is 316 Å². The fraction of sp³-hybridized carbons (Fsp3) is 0.455. The first-order valence-corrected chi connectivity index (χ1v) is 18.0. The van der Waals surface area contributed by atoms with Crippen LogP contribution < -0.4 is 0 Å². The van der Waals surface area contributed by atoms with E-state index in [4.69, 9.17) is 14.7 Å². The summed E-state index contributed by atoms with van der Waals surface area (Å²) in [6, 6.07) is 20.7. The minimum absolute atomic E-state index is 0. The summed E-state index contributed by atoms with van der Waals surface area (Å²) >= 11 is 0. The second-order valence-corrected chi connectivity index (χ2v) is 14.5. The summed E-state index contributed by atoms with van der Waals surface area (Å²) in [7, 11) is 2.12. The standard InChI is InChI=1S/C42H53N3O.C2H5.Hf/c1-13-36-39(32-17-14-15-20-37(32)46-36)35-23-45(12)42(43-35)41(44-40-30(25(4)5)18-16-19-31(40)26(6)7)38-33(27(8)9)21-29(24(2)3)22-34(38)28(10)11;1-2;/h14-16,18-28,41H,13H2,1-12H3;1H2,2H3;/q-2;-1;. The molecule has 4 nitrogen and oxygen atoms in total. The van der Waals surface area contributed by atoms with Gasteiger partial charge in [-0.05, 0) is 69.9 Å². The summed E-state index contributed by atoms with van der Waals surface area (Å²) in [6.07, 6.45) is 2.94. The van der Waals surface area contributed by atoms with Gasteiger partial charge in [-0.2, -0.15) is 6.92 Å². The number of hydrogen-bond acceptors (Lipinski definition) is 2. The summed E-state index contributed by atoms with van der Waals surface area (Å²) in [4.78, 5) is 5.48. The maximum atomic E-state index is 6.31. The molecule has 0 bridgehead atoms. The monoisotopic (exact) mass is 824 g/mol. The Kier molecular flexibility index (Phi) is 14.3. The molecule has 5 aromatic rings. The number of hydrogen-bond donors (Lipinski definition) is 0. The molecular formula is C44H58HfN3O-3. The van der Waals surface area contributed by atoms with Crippen LogP contribution in [0, 0.1) is 13.0 Å². The zero-order valence-corrected chi connectivity index (χ0v) is 35.9. The van der Waals surface area contributed by atoms with Crippen molar-refractivity contribution in [1.82, 2.24) is 9.55 Å². The second kappa shape index (κ2) is 17.3. The van der Waals surface area contributed by atoms with Crippen LogP contribution in [0.1, 0.15) is 164 Å². The van der Waals surface area contributed by atoms with Crippen molar-refractivity contribution in [2.24, 2.45) is 7.05 Å². The van der Waals surface area contributed by atoms with Gasteiger partial charge < -0.3 is 21.2 Å². The van der Waals surface area contributed by atoms with Crippen LogP contribution in [-0.4, -0.2) is 9.55 Å². The fourth-order valence-electron chi connectivity index (χ4n) is 6.77. The number of nitrogens with zero attached hydrogens (tertiary/aromatic N) is 3. The molecule has 0 radical (unpaired) electrons. The summed E-state index contributed by atoms with van der Waals surface area (Å²) in [5.74, 6) is 3.65. The molecule has 0 fully saturated rings. The van der Waals surface area contributed by atoms with E-state index in [0.717, 1.165) is 45.9 Å². The van der Waals surface area contributed by atoms with E-state index >= 15 is 0 Å². The van der Waals surface area contributed by atoms with E-state index in [9.17, 15) is 0 Å². The third-order valence-electron chi connectivity index (χ3n) is 9.37. The molecule has 0 N–H and O–H groups in total. The van der Waals surface area contributed by atoms with Crippen molar-refractivity contribution in [3.8, 4) is 11.3 Å². The van der Waals surface area contributed by atoms with Gasteiger partial charge in [0, 0.05) is 44.7 Å². The van der Waals surface area contributed by atoms with Crippen molar-refractivity contribution in [3.05, 3.63) is 118 Å². The van der Waals surface area contributed by atoms with E-state index < -0.39 is 0 Å². The third kappa shape index (κ3) is 8.35. The van der Waals surface area contributed by atoms with Crippen LogP contribution in [0.15, 0.2) is 59.1 Å². The largest absolute Gasteiger partial charge is 0.671 e. The number of aromatic nitrogens is 2. The number of benzene rings is 3. The van der Waals surface area contributed by atoms with Crippen LogP contribution in [0.3, 0.4) is 0 Å². The van der Waals surface area contributed by atoms with Gasteiger partial charge in [0.05, 0.1) is 17.3 Å². The van der Waals surface area contributed by atoms with Crippen molar-refractivity contribution >= 4 is 16.7 Å². The molecule has 5 heteroatoms. The molecule has 2 heterocycles. The van der Waals surface area contributed by atoms with E-state index in [1.807, 2.05) is 18.2 Å². The van der Waals surface area contributed by atoms with Crippen LogP contribution in [-0.2, 0) is 39.3 Å². The Hall–Kier alpha value is -2.92. The molecule has 0 amide bonds. The third-order valence-corrected chi connectivity index (χ3v) is 9.37. The van der Waals surface area contributed by atoms with Crippen molar-refractivity contribution in [1.29, 1.82) is 0 Å². The number of para-hydroxylation sites is 1. The number of rotatable bonds is 11. The van der Waals surface area contributed by atoms with Crippen molar-refractivity contribution in [2.75, 3.05) is 0 Å². The predicted octanol–water partition coefficient (Wildman–Crippen LogP) is 13.4. The first kappa shape index (κ1) is 40.5. The molecule has 262 valence electrons. The minimum Gasteiger partial charge on any atom is -0.671 e. The smallest absolute Gasteiger partial charge is 0.0974 e. The molecule has 3 aromatic carbocycles. The van der Waals surface area contributed by atoms with Crippen LogP contribution in [0.2, 0.25) is 0 Å². The predicted molar refractivity (Wildman–Crippen MR) is 206 cm³/mol. The van der Waals surface area contributed by atoms with Gasteiger partial charge in [-0.25, -0.2) is 4.98 Å². The first-order valence-electron chi connectivity index (χ1n) is 18.0. The molecule has 0 saturated heterocycles. The summed E-state index contributed by atoms with van der Waals surface area (Å²) in [5.41, 5.74) is 11.9. The van der Waals surface area contributed by atoms with Gasteiger partial charge in [-0.3, -0.25) is 0 Å². The molecule has 0 aliphatic heterocycles. The maximum absolute atomic E-state index is 6.31. The first-order chi connectivity index (χ1) is 22.8. The number of fused-ring (bicyclic) bond motifs is 1. The van der Waals surface area contributed by atoms with Crippen LogP contribution >= 0.6 is 0 Å². The molecule has 5 rings (SSSR count). The molecule has 49 heavy (non-hydrogen) atoms. The van der Waals surface area contributed by atoms with Gasteiger partial charge in [0.15, 0.2) is 0 Å². The Morgan fingerprint density at radius 3 is 1.84 bits per heavy atom. The van der Waals surface area contributed by atoms with Gasteiger partial charge in [0.1, 0.15) is 0 Å². The molecule has 2 aromatic heterocycles. The summed E-state index contributed by atoms with van der Waals surface area (Å²) < 4.78 is 8.51. The molecular weight excluding hydrogens is 765 g/mol.